The van der Waals surface area contributed by atoms with E-state index in [0.717, 1.165) is 17.0 Å². The number of hydrogen-bond acceptors (Lipinski definition) is 5. The Labute approximate surface area is 164 Å². The zero-order valence-corrected chi connectivity index (χ0v) is 15.1. The number of nitrogens with one attached hydrogen (secondary N) is 1. The Morgan fingerprint density at radius 1 is 1.00 bits per heavy atom. The molecule has 0 saturated carbocycles. The van der Waals surface area contributed by atoms with Crippen molar-refractivity contribution in [2.24, 2.45) is 0 Å². The number of ether oxygens (including phenoxy) is 1. The molecule has 0 fully saturated rings. The Morgan fingerprint density at radius 2 is 1.66 bits per heavy atom. The number of nitrogens with zero attached hydrogens (tertiary/aromatic N) is 1. The first-order valence-corrected chi connectivity index (χ1v) is 8.72. The van der Waals surface area contributed by atoms with Crippen molar-refractivity contribution < 1.29 is 32.7 Å². The van der Waals surface area contributed by atoms with Gasteiger partial charge in [-0.3, -0.25) is 24.1 Å². The zero-order chi connectivity index (χ0) is 21.0. The lowest BCUT2D eigenvalue weighted by molar-refractivity contribution is -0.143. The van der Waals surface area contributed by atoms with E-state index in [4.69, 9.17) is 4.74 Å². The quantitative estimate of drug-likeness (QED) is 0.564. The minimum absolute atomic E-state index is 0.0920. The molecule has 2 aromatic carbocycles. The maximum absolute atomic E-state index is 13.5. The van der Waals surface area contributed by atoms with Gasteiger partial charge in [-0.2, -0.15) is 0 Å². The average molecular weight is 402 g/mol. The molecule has 150 valence electrons. The molecule has 7 nitrogen and oxygen atoms in total. The summed E-state index contributed by atoms with van der Waals surface area (Å²) >= 11 is 0. The molecule has 2 aromatic rings. The number of halogens is 2. The van der Waals surface area contributed by atoms with Gasteiger partial charge in [-0.25, -0.2) is 8.78 Å². The molecule has 29 heavy (non-hydrogen) atoms. The second-order valence-electron chi connectivity index (χ2n) is 6.16. The molecular weight excluding hydrogens is 386 g/mol. The highest BCUT2D eigenvalue weighted by molar-refractivity contribution is 6.21. The van der Waals surface area contributed by atoms with Gasteiger partial charge in [0.15, 0.2) is 0 Å². The van der Waals surface area contributed by atoms with Crippen LogP contribution in [0, 0.1) is 11.6 Å². The number of hydrogen-bond donors (Lipinski definition) is 1. The van der Waals surface area contributed by atoms with Crippen molar-refractivity contribution in [2.75, 3.05) is 19.7 Å². The van der Waals surface area contributed by atoms with Gasteiger partial charge in [-0.1, -0.05) is 12.1 Å². The van der Waals surface area contributed by atoms with Gasteiger partial charge < -0.3 is 10.1 Å². The number of benzene rings is 2. The van der Waals surface area contributed by atoms with Crippen molar-refractivity contribution in [2.45, 2.75) is 6.42 Å². The van der Waals surface area contributed by atoms with Gasteiger partial charge in [0.25, 0.3) is 17.7 Å². The van der Waals surface area contributed by atoms with Crippen molar-refractivity contribution in [3.63, 3.8) is 0 Å². The SMILES string of the molecule is O=C(CCNC(=O)c1ccc(F)cc1F)OCCN1C(=O)c2ccccc2C1=O. The lowest BCUT2D eigenvalue weighted by Crippen LogP contribution is -2.34. The molecule has 1 aliphatic rings. The van der Waals surface area contributed by atoms with Crippen molar-refractivity contribution in [3.05, 3.63) is 70.8 Å². The van der Waals surface area contributed by atoms with E-state index in [2.05, 4.69) is 5.32 Å². The van der Waals surface area contributed by atoms with Crippen LogP contribution in [0.5, 0.6) is 0 Å². The first-order valence-electron chi connectivity index (χ1n) is 8.72. The normalized spacial score (nSPS) is 12.7. The van der Waals surface area contributed by atoms with E-state index in [0.29, 0.717) is 17.2 Å². The lowest BCUT2D eigenvalue weighted by atomic mass is 10.1. The van der Waals surface area contributed by atoms with Crippen LogP contribution in [0.25, 0.3) is 0 Å². The summed E-state index contributed by atoms with van der Waals surface area (Å²) < 4.78 is 31.3. The maximum Gasteiger partial charge on any atom is 0.307 e. The molecule has 0 aromatic heterocycles. The van der Waals surface area contributed by atoms with Crippen LogP contribution in [0.15, 0.2) is 42.5 Å². The Morgan fingerprint density at radius 3 is 2.28 bits per heavy atom. The van der Waals surface area contributed by atoms with Gasteiger partial charge in [0.1, 0.15) is 18.2 Å². The standard InChI is InChI=1S/C20H16F2N2O5/c21-12-5-6-15(16(22)11-12)18(26)23-8-7-17(25)29-10-9-24-19(27)13-3-1-2-4-14(13)20(24)28/h1-6,11H,7-10H2,(H,23,26). The summed E-state index contributed by atoms with van der Waals surface area (Å²) in [6, 6.07) is 8.94. The summed E-state index contributed by atoms with van der Waals surface area (Å²) in [6.45, 7) is -0.405. The third-order valence-electron chi connectivity index (χ3n) is 4.25. The molecule has 1 N–H and O–H groups in total. The minimum atomic E-state index is -1.01. The fourth-order valence-electron chi connectivity index (χ4n) is 2.81. The average Bonchev–Trinajstić information content (AvgIpc) is 2.93. The predicted octanol–water partition coefficient (Wildman–Crippen LogP) is 1.92. The summed E-state index contributed by atoms with van der Waals surface area (Å²) in [4.78, 5) is 48.9. The summed E-state index contributed by atoms with van der Waals surface area (Å²) in [7, 11) is 0. The molecule has 0 unspecified atom stereocenters. The van der Waals surface area contributed by atoms with E-state index in [1.54, 1.807) is 24.3 Å². The molecular formula is C20H16F2N2O5. The molecule has 1 heterocycles. The third-order valence-corrected chi connectivity index (χ3v) is 4.25. The smallest absolute Gasteiger partial charge is 0.307 e. The number of imide groups is 1. The van der Waals surface area contributed by atoms with Crippen molar-refractivity contribution >= 4 is 23.7 Å². The fraction of sp³-hybridized carbons (Fsp3) is 0.200. The largest absolute Gasteiger partial charge is 0.464 e. The summed E-state index contributed by atoms with van der Waals surface area (Å²) in [5.74, 6) is -4.17. The van der Waals surface area contributed by atoms with Crippen LogP contribution >= 0.6 is 0 Å². The van der Waals surface area contributed by atoms with E-state index in [1.807, 2.05) is 0 Å². The topological polar surface area (TPSA) is 92.8 Å². The Balaban J connectivity index is 1.40. The summed E-state index contributed by atoms with van der Waals surface area (Å²) in [6.07, 6.45) is -0.198. The van der Waals surface area contributed by atoms with Crippen LogP contribution in [0.2, 0.25) is 0 Å². The van der Waals surface area contributed by atoms with Crippen molar-refractivity contribution in [1.82, 2.24) is 10.2 Å². The Bertz CT molecular complexity index is 958. The first-order chi connectivity index (χ1) is 13.9. The highest BCUT2D eigenvalue weighted by Crippen LogP contribution is 2.21. The summed E-state index contributed by atoms with van der Waals surface area (Å²) in [5, 5.41) is 2.33. The van der Waals surface area contributed by atoms with E-state index in [9.17, 15) is 28.0 Å². The monoisotopic (exact) mass is 402 g/mol. The van der Waals surface area contributed by atoms with Gasteiger partial charge in [-0.15, -0.1) is 0 Å². The molecule has 3 rings (SSSR count). The van der Waals surface area contributed by atoms with Crippen LogP contribution in [-0.4, -0.2) is 48.3 Å². The molecule has 0 spiro atoms. The van der Waals surface area contributed by atoms with Crippen LogP contribution in [0.1, 0.15) is 37.5 Å². The number of esters is 1. The molecule has 9 heteroatoms. The Kier molecular flexibility index (Phi) is 5.96. The van der Waals surface area contributed by atoms with E-state index in [1.165, 1.54) is 0 Å². The van der Waals surface area contributed by atoms with E-state index < -0.39 is 35.3 Å². The van der Waals surface area contributed by atoms with Crippen molar-refractivity contribution in [1.29, 1.82) is 0 Å². The third kappa shape index (κ3) is 4.45. The van der Waals surface area contributed by atoms with Crippen molar-refractivity contribution in [3.8, 4) is 0 Å². The van der Waals surface area contributed by atoms with Gasteiger partial charge in [0.05, 0.1) is 29.7 Å². The highest BCUT2D eigenvalue weighted by Gasteiger charge is 2.34. The van der Waals surface area contributed by atoms with E-state index >= 15 is 0 Å². The molecule has 0 bridgehead atoms. The molecule has 1 aliphatic heterocycles. The van der Waals surface area contributed by atoms with Gasteiger partial charge >= 0.3 is 5.97 Å². The molecule has 0 aliphatic carbocycles. The van der Waals surface area contributed by atoms with Crippen LogP contribution < -0.4 is 5.32 Å². The molecule has 3 amide bonds. The predicted molar refractivity (Wildman–Crippen MR) is 96.1 cm³/mol. The number of amides is 3. The molecule has 0 radical (unpaired) electrons. The first kappa shape index (κ1) is 20.1. The number of carbonyl (C=O) groups is 4. The summed E-state index contributed by atoms with van der Waals surface area (Å²) in [5.41, 5.74) is 0.268. The van der Waals surface area contributed by atoms with Crippen LogP contribution in [0.3, 0.4) is 0 Å². The number of rotatable bonds is 7. The van der Waals surface area contributed by atoms with E-state index in [-0.39, 0.29) is 31.7 Å². The zero-order valence-electron chi connectivity index (χ0n) is 15.1. The second kappa shape index (κ2) is 8.59. The lowest BCUT2D eigenvalue weighted by Gasteiger charge is -2.13. The minimum Gasteiger partial charge on any atom is -0.464 e. The van der Waals surface area contributed by atoms with Gasteiger partial charge in [0.2, 0.25) is 0 Å². The van der Waals surface area contributed by atoms with Gasteiger partial charge in [0, 0.05) is 12.6 Å². The number of fused-ring (bicyclic) bond motifs is 1. The molecule has 0 atom stereocenters. The fourth-order valence-corrected chi connectivity index (χ4v) is 2.81. The van der Waals surface area contributed by atoms with Crippen LogP contribution in [0.4, 0.5) is 8.78 Å². The second-order valence-corrected chi connectivity index (χ2v) is 6.16. The Hall–Kier alpha value is -3.62. The maximum atomic E-state index is 13.5. The highest BCUT2D eigenvalue weighted by atomic mass is 19.1. The van der Waals surface area contributed by atoms with Gasteiger partial charge in [-0.05, 0) is 24.3 Å². The van der Waals surface area contributed by atoms with Crippen LogP contribution in [-0.2, 0) is 9.53 Å². The molecule has 0 saturated heterocycles. The number of carbonyl (C=O) groups excluding carboxylic acids is 4.